The first-order valence-corrected chi connectivity index (χ1v) is 10.4. The second-order valence-electron chi connectivity index (χ2n) is 6.70. The molecule has 0 bridgehead atoms. The minimum Gasteiger partial charge on any atom is -0.337 e. The first kappa shape index (κ1) is 17.3. The third-order valence-electron chi connectivity index (χ3n) is 5.25. The Labute approximate surface area is 162 Å². The summed E-state index contributed by atoms with van der Waals surface area (Å²) in [5, 5.41) is 5.39. The number of carbonyl (C=O) groups excluding carboxylic acids is 1. The molecule has 1 atom stereocenters. The highest BCUT2D eigenvalue weighted by atomic mass is 35.5. The molecule has 1 aliphatic heterocycles. The fourth-order valence-electron chi connectivity index (χ4n) is 4.02. The van der Waals surface area contributed by atoms with E-state index in [1.807, 2.05) is 27.8 Å². The highest BCUT2D eigenvalue weighted by Crippen LogP contribution is 2.41. The van der Waals surface area contributed by atoms with Gasteiger partial charge in [-0.3, -0.25) is 9.69 Å². The fourth-order valence-corrected chi connectivity index (χ4v) is 5.25. The van der Waals surface area contributed by atoms with Crippen LogP contribution >= 0.6 is 34.5 Å². The van der Waals surface area contributed by atoms with E-state index in [-0.39, 0.29) is 5.91 Å². The first-order valence-electron chi connectivity index (χ1n) is 8.67. The van der Waals surface area contributed by atoms with Crippen molar-refractivity contribution in [3.63, 3.8) is 0 Å². The maximum atomic E-state index is 12.6. The molecule has 6 heteroatoms. The van der Waals surface area contributed by atoms with Crippen LogP contribution in [0.25, 0.3) is 0 Å². The molecular formula is C19H20Cl2N2OS. The lowest BCUT2D eigenvalue weighted by atomic mass is 10.1. The number of halogens is 2. The lowest BCUT2D eigenvalue weighted by Gasteiger charge is -2.28. The van der Waals surface area contributed by atoms with Crippen LogP contribution in [0.15, 0.2) is 29.0 Å². The monoisotopic (exact) mass is 394 g/mol. The van der Waals surface area contributed by atoms with Gasteiger partial charge in [-0.25, -0.2) is 0 Å². The molecule has 1 saturated heterocycles. The number of hydrogen-bond donors (Lipinski definition) is 0. The lowest BCUT2D eigenvalue weighted by Crippen LogP contribution is -2.35. The molecule has 1 aromatic carbocycles. The Bertz CT molecular complexity index is 778. The van der Waals surface area contributed by atoms with E-state index in [0.29, 0.717) is 11.1 Å². The number of nitrogens with zero attached hydrogens (tertiary/aromatic N) is 2. The lowest BCUT2D eigenvalue weighted by molar-refractivity contribution is 0.0758. The summed E-state index contributed by atoms with van der Waals surface area (Å²) in [4.78, 5) is 17.1. The number of benzene rings is 1. The highest BCUT2D eigenvalue weighted by Gasteiger charge is 2.31. The molecule has 2 heterocycles. The van der Waals surface area contributed by atoms with Gasteiger partial charge in [0.05, 0.1) is 5.56 Å². The molecule has 132 valence electrons. The van der Waals surface area contributed by atoms with Crippen LogP contribution in [0.3, 0.4) is 0 Å². The highest BCUT2D eigenvalue weighted by molar-refractivity contribution is 7.08. The van der Waals surface area contributed by atoms with Crippen LogP contribution in [0.2, 0.25) is 10.0 Å². The summed E-state index contributed by atoms with van der Waals surface area (Å²) in [6.45, 7) is 3.49. The van der Waals surface area contributed by atoms with E-state index in [4.69, 9.17) is 23.2 Å². The van der Waals surface area contributed by atoms with Crippen LogP contribution in [-0.2, 0) is 6.42 Å². The third kappa shape index (κ3) is 3.45. The smallest absolute Gasteiger partial charge is 0.254 e. The van der Waals surface area contributed by atoms with Gasteiger partial charge < -0.3 is 4.90 Å². The minimum absolute atomic E-state index is 0.154. The molecule has 25 heavy (non-hydrogen) atoms. The van der Waals surface area contributed by atoms with Gasteiger partial charge in [-0.1, -0.05) is 23.2 Å². The van der Waals surface area contributed by atoms with Crippen molar-refractivity contribution in [1.29, 1.82) is 0 Å². The summed E-state index contributed by atoms with van der Waals surface area (Å²) in [6.07, 6.45) is 3.08. The van der Waals surface area contributed by atoms with Crippen molar-refractivity contribution in [1.82, 2.24) is 9.80 Å². The Balaban J connectivity index is 1.49. The molecule has 4 rings (SSSR count). The average Bonchev–Trinajstić information content (AvgIpc) is 3.20. The number of thiophene rings is 1. The van der Waals surface area contributed by atoms with Gasteiger partial charge in [0.2, 0.25) is 0 Å². The summed E-state index contributed by atoms with van der Waals surface area (Å²) in [5.74, 6) is 0.154. The van der Waals surface area contributed by atoms with Crippen LogP contribution in [0.4, 0.5) is 0 Å². The summed E-state index contributed by atoms with van der Waals surface area (Å²) >= 11 is 14.2. The molecule has 0 spiro atoms. The van der Waals surface area contributed by atoms with E-state index in [2.05, 4.69) is 11.0 Å². The number of hydrogen-bond acceptors (Lipinski definition) is 3. The van der Waals surface area contributed by atoms with Crippen LogP contribution in [0.1, 0.15) is 40.4 Å². The Kier molecular flexibility index (Phi) is 5.05. The average molecular weight is 395 g/mol. The zero-order valence-electron chi connectivity index (χ0n) is 13.9. The SMILES string of the molecule is O=C(c1ccsc1)N1CCCN(C2CCc3c(Cl)cc(Cl)cc32)CC1. The Hall–Kier alpha value is -1.07. The maximum Gasteiger partial charge on any atom is 0.254 e. The summed E-state index contributed by atoms with van der Waals surface area (Å²) < 4.78 is 0. The van der Waals surface area contributed by atoms with Crippen molar-refractivity contribution in [2.75, 3.05) is 26.2 Å². The van der Waals surface area contributed by atoms with Crippen LogP contribution < -0.4 is 0 Å². The van der Waals surface area contributed by atoms with Gasteiger partial charge in [0.15, 0.2) is 0 Å². The molecule has 1 amide bonds. The van der Waals surface area contributed by atoms with Gasteiger partial charge >= 0.3 is 0 Å². The molecule has 1 unspecified atom stereocenters. The number of fused-ring (bicyclic) bond motifs is 1. The van der Waals surface area contributed by atoms with Crippen LogP contribution in [0, 0.1) is 0 Å². The first-order chi connectivity index (χ1) is 12.1. The molecule has 0 saturated carbocycles. The van der Waals surface area contributed by atoms with Gasteiger partial charge in [0.1, 0.15) is 0 Å². The molecule has 2 aromatic rings. The molecular weight excluding hydrogens is 375 g/mol. The zero-order valence-corrected chi connectivity index (χ0v) is 16.2. The van der Waals surface area contributed by atoms with Crippen molar-refractivity contribution in [2.45, 2.75) is 25.3 Å². The van der Waals surface area contributed by atoms with E-state index in [9.17, 15) is 4.79 Å². The Morgan fingerprint density at radius 2 is 2.04 bits per heavy atom. The van der Waals surface area contributed by atoms with Crippen LogP contribution in [-0.4, -0.2) is 41.9 Å². The number of amides is 1. The van der Waals surface area contributed by atoms with Gasteiger partial charge in [0, 0.05) is 47.6 Å². The van der Waals surface area contributed by atoms with Crippen molar-refractivity contribution in [2.24, 2.45) is 0 Å². The second kappa shape index (κ2) is 7.28. The van der Waals surface area contributed by atoms with Gasteiger partial charge in [-0.05, 0) is 54.0 Å². The summed E-state index contributed by atoms with van der Waals surface area (Å²) in [7, 11) is 0. The quantitative estimate of drug-likeness (QED) is 0.723. The van der Waals surface area contributed by atoms with Crippen molar-refractivity contribution >= 4 is 40.4 Å². The van der Waals surface area contributed by atoms with E-state index >= 15 is 0 Å². The van der Waals surface area contributed by atoms with E-state index < -0.39 is 0 Å². The predicted octanol–water partition coefficient (Wildman–Crippen LogP) is 4.89. The molecule has 0 N–H and O–H groups in total. The van der Waals surface area contributed by atoms with Crippen molar-refractivity contribution in [3.8, 4) is 0 Å². The van der Waals surface area contributed by atoms with E-state index in [0.717, 1.165) is 56.0 Å². The van der Waals surface area contributed by atoms with Crippen molar-refractivity contribution in [3.05, 3.63) is 55.7 Å². The van der Waals surface area contributed by atoms with Crippen molar-refractivity contribution < 1.29 is 4.79 Å². The molecule has 3 nitrogen and oxygen atoms in total. The van der Waals surface area contributed by atoms with Gasteiger partial charge in [0.25, 0.3) is 5.91 Å². The summed E-state index contributed by atoms with van der Waals surface area (Å²) in [6, 6.07) is 6.18. The van der Waals surface area contributed by atoms with Gasteiger partial charge in [-0.15, -0.1) is 0 Å². The third-order valence-corrected chi connectivity index (χ3v) is 6.49. The second-order valence-corrected chi connectivity index (χ2v) is 8.33. The largest absolute Gasteiger partial charge is 0.337 e. The molecule has 1 aliphatic carbocycles. The molecule has 1 fully saturated rings. The topological polar surface area (TPSA) is 23.6 Å². The van der Waals surface area contributed by atoms with E-state index in [1.165, 1.54) is 11.1 Å². The fraction of sp³-hybridized carbons (Fsp3) is 0.421. The van der Waals surface area contributed by atoms with E-state index in [1.54, 1.807) is 11.3 Å². The standard InChI is InChI=1S/C19H20Cl2N2OS/c20-14-10-16-15(17(21)11-14)2-3-18(16)22-5-1-6-23(8-7-22)19(24)13-4-9-25-12-13/h4,9-12,18H,1-3,5-8H2. The Morgan fingerprint density at radius 3 is 2.84 bits per heavy atom. The maximum absolute atomic E-state index is 12.6. The van der Waals surface area contributed by atoms with Crippen LogP contribution in [0.5, 0.6) is 0 Å². The van der Waals surface area contributed by atoms with Gasteiger partial charge in [-0.2, -0.15) is 11.3 Å². The number of rotatable bonds is 2. The zero-order chi connectivity index (χ0) is 17.4. The normalized spacial score (nSPS) is 21.2. The summed E-state index contributed by atoms with van der Waals surface area (Å²) in [5.41, 5.74) is 3.32. The Morgan fingerprint density at radius 1 is 1.16 bits per heavy atom. The molecule has 0 radical (unpaired) electrons. The predicted molar refractivity (Wildman–Crippen MR) is 104 cm³/mol. The minimum atomic E-state index is 0.154. The molecule has 1 aromatic heterocycles. The number of carbonyl (C=O) groups is 1. The molecule has 2 aliphatic rings.